The molecule has 5 rings (SSSR count). The minimum Gasteiger partial charge on any atom is -0.488 e. The third-order valence-electron chi connectivity index (χ3n) is 5.66. The van der Waals surface area contributed by atoms with Crippen LogP contribution in [0.5, 0.6) is 23.0 Å². The zero-order valence-electron chi connectivity index (χ0n) is 20.5. The molecule has 2 amide bonds. The lowest BCUT2D eigenvalue weighted by molar-refractivity contribution is 0.0996. The number of nitrogens with one attached hydrogen (secondary N) is 1. The minimum atomic E-state index is -0.835. The number of rotatable bonds is 8. The summed E-state index contributed by atoms with van der Waals surface area (Å²) in [5, 5.41) is 2.84. The summed E-state index contributed by atoms with van der Waals surface area (Å²) in [5.74, 6) is -0.326. The maximum absolute atomic E-state index is 14.8. The fourth-order valence-electron chi connectivity index (χ4n) is 3.80. The van der Waals surface area contributed by atoms with Crippen LogP contribution in [-0.4, -0.2) is 17.0 Å². The lowest BCUT2D eigenvalue weighted by Crippen LogP contribution is -2.17. The van der Waals surface area contributed by atoms with Crippen molar-refractivity contribution in [1.82, 2.24) is 4.98 Å². The topological polar surface area (TPSA) is 113 Å². The maximum atomic E-state index is 14.8. The molecule has 9 heteroatoms. The van der Waals surface area contributed by atoms with Gasteiger partial charge in [-0.2, -0.15) is 0 Å². The fraction of sp³-hybridized carbons (Fsp3) is 0.0333. The second-order valence-electron chi connectivity index (χ2n) is 8.38. The Bertz CT molecular complexity index is 1650. The summed E-state index contributed by atoms with van der Waals surface area (Å²) in [7, 11) is 0. The Kier molecular flexibility index (Phi) is 7.31. The van der Waals surface area contributed by atoms with Crippen LogP contribution in [0.2, 0.25) is 0 Å². The van der Waals surface area contributed by atoms with E-state index in [9.17, 15) is 14.0 Å². The largest absolute Gasteiger partial charge is 0.488 e. The van der Waals surface area contributed by atoms with Gasteiger partial charge in [-0.1, -0.05) is 48.5 Å². The summed E-state index contributed by atoms with van der Waals surface area (Å²) in [6.45, 7) is 0.237. The van der Waals surface area contributed by atoms with Gasteiger partial charge in [-0.3, -0.25) is 15.1 Å². The summed E-state index contributed by atoms with van der Waals surface area (Å²) < 4.78 is 31.7. The van der Waals surface area contributed by atoms with Gasteiger partial charge in [0.2, 0.25) is 0 Å². The minimum absolute atomic E-state index is 0.0842. The highest BCUT2D eigenvalue weighted by Gasteiger charge is 2.16. The molecule has 0 fully saturated rings. The van der Waals surface area contributed by atoms with E-state index >= 15 is 0 Å². The van der Waals surface area contributed by atoms with E-state index < -0.39 is 17.8 Å². The average Bonchev–Trinajstić information content (AvgIpc) is 2.94. The van der Waals surface area contributed by atoms with Crippen molar-refractivity contribution in [2.75, 3.05) is 5.32 Å². The van der Waals surface area contributed by atoms with Gasteiger partial charge >= 0.3 is 6.09 Å². The first-order valence-corrected chi connectivity index (χ1v) is 11.9. The number of para-hydroxylation sites is 1. The van der Waals surface area contributed by atoms with Crippen molar-refractivity contribution in [1.29, 1.82) is 0 Å². The van der Waals surface area contributed by atoms with Gasteiger partial charge in [0.05, 0.1) is 16.8 Å². The number of halogens is 1. The molecule has 0 bridgehead atoms. The summed E-state index contributed by atoms with van der Waals surface area (Å²) >= 11 is 0. The number of benzene rings is 4. The number of anilines is 1. The number of hydrogen-bond acceptors (Lipinski definition) is 6. The summed E-state index contributed by atoms with van der Waals surface area (Å²) in [6, 6.07) is 26.6. The summed E-state index contributed by atoms with van der Waals surface area (Å²) in [6.07, 6.45) is 0.687. The number of ether oxygens (including phenoxy) is 3. The molecule has 194 valence electrons. The number of nitrogens with two attached hydrogens (primary N) is 1. The van der Waals surface area contributed by atoms with Crippen molar-refractivity contribution in [2.24, 2.45) is 5.73 Å². The highest BCUT2D eigenvalue weighted by atomic mass is 19.1. The van der Waals surface area contributed by atoms with Crippen LogP contribution in [0.4, 0.5) is 14.9 Å². The first-order valence-electron chi connectivity index (χ1n) is 11.9. The van der Waals surface area contributed by atoms with Crippen molar-refractivity contribution in [3.63, 3.8) is 0 Å². The molecule has 0 atom stereocenters. The van der Waals surface area contributed by atoms with Gasteiger partial charge in [0.25, 0.3) is 5.91 Å². The van der Waals surface area contributed by atoms with Crippen LogP contribution in [0.3, 0.4) is 0 Å². The first-order chi connectivity index (χ1) is 19.0. The van der Waals surface area contributed by atoms with Crippen LogP contribution < -0.4 is 25.3 Å². The number of fused-ring (bicyclic) bond motifs is 1. The Morgan fingerprint density at radius 2 is 1.59 bits per heavy atom. The number of hydrogen-bond donors (Lipinski definition) is 2. The van der Waals surface area contributed by atoms with Gasteiger partial charge in [-0.05, 0) is 42.0 Å². The number of nitrogens with zero attached hydrogens (tertiary/aromatic N) is 1. The van der Waals surface area contributed by atoms with E-state index in [1.54, 1.807) is 42.5 Å². The molecule has 3 N–H and O–H groups in total. The monoisotopic (exact) mass is 523 g/mol. The molecule has 8 nitrogen and oxygen atoms in total. The fourth-order valence-corrected chi connectivity index (χ4v) is 3.80. The second kappa shape index (κ2) is 11.3. The molecule has 5 aromatic rings. The molecule has 39 heavy (non-hydrogen) atoms. The van der Waals surface area contributed by atoms with Crippen molar-refractivity contribution in [2.45, 2.75) is 6.61 Å². The number of amides is 2. The average molecular weight is 524 g/mol. The van der Waals surface area contributed by atoms with E-state index in [2.05, 4.69) is 10.3 Å². The van der Waals surface area contributed by atoms with Gasteiger partial charge < -0.3 is 19.9 Å². The van der Waals surface area contributed by atoms with Crippen LogP contribution in [0, 0.1) is 5.82 Å². The van der Waals surface area contributed by atoms with E-state index in [1.165, 1.54) is 24.4 Å². The molecule has 0 aliphatic heterocycles. The molecule has 0 aliphatic rings. The summed E-state index contributed by atoms with van der Waals surface area (Å²) in [5.41, 5.74) is 7.11. The molecular weight excluding hydrogens is 501 g/mol. The van der Waals surface area contributed by atoms with Gasteiger partial charge in [0, 0.05) is 23.7 Å². The highest BCUT2D eigenvalue weighted by molar-refractivity contribution is 6.01. The second-order valence-corrected chi connectivity index (χ2v) is 8.38. The molecule has 0 radical (unpaired) electrons. The number of pyridine rings is 1. The Labute approximate surface area is 222 Å². The maximum Gasteiger partial charge on any atom is 0.417 e. The molecule has 0 saturated heterocycles. The molecule has 1 aromatic heterocycles. The van der Waals surface area contributed by atoms with Crippen molar-refractivity contribution < 1.29 is 28.2 Å². The third kappa shape index (κ3) is 6.11. The normalized spacial score (nSPS) is 10.6. The van der Waals surface area contributed by atoms with Crippen molar-refractivity contribution in [3.05, 3.63) is 120 Å². The van der Waals surface area contributed by atoms with E-state index in [0.717, 1.165) is 11.6 Å². The van der Waals surface area contributed by atoms with E-state index in [4.69, 9.17) is 19.9 Å². The molecule has 4 aromatic carbocycles. The molecule has 0 unspecified atom stereocenters. The highest BCUT2D eigenvalue weighted by Crippen LogP contribution is 2.34. The van der Waals surface area contributed by atoms with Crippen LogP contribution in [0.15, 0.2) is 103 Å². The van der Waals surface area contributed by atoms with Gasteiger partial charge in [-0.15, -0.1) is 0 Å². The quantitative estimate of drug-likeness (QED) is 0.242. The predicted octanol–water partition coefficient (Wildman–Crippen LogP) is 6.46. The standard InChI is InChI=1S/C30H22FN3O5/c31-24-15-21(11-12-25(24)34-30(36)39-20-9-5-2-6-10-20)38-27-13-14-33-26-17-28(23(29(32)35)16-22(26)27)37-18-19-7-3-1-4-8-19/h1-17H,18H2,(H2,32,35)(H,34,36). The SMILES string of the molecule is NC(=O)c1cc2c(Oc3ccc(NC(=O)Oc4ccccc4)c(F)c3)ccnc2cc1OCc1ccccc1. The third-order valence-corrected chi connectivity index (χ3v) is 5.66. The molecule has 0 spiro atoms. The lowest BCUT2D eigenvalue weighted by atomic mass is 10.1. The number of primary amides is 1. The van der Waals surface area contributed by atoms with E-state index in [1.807, 2.05) is 30.3 Å². The Hall–Kier alpha value is -5.44. The zero-order valence-corrected chi connectivity index (χ0v) is 20.5. The number of carbonyl (C=O) groups excluding carboxylic acids is 2. The van der Waals surface area contributed by atoms with Gasteiger partial charge in [0.1, 0.15) is 29.6 Å². The molecular formula is C30H22FN3O5. The van der Waals surface area contributed by atoms with E-state index in [-0.39, 0.29) is 29.4 Å². The molecule has 0 saturated carbocycles. The summed E-state index contributed by atoms with van der Waals surface area (Å²) in [4.78, 5) is 28.7. The number of carbonyl (C=O) groups is 2. The smallest absolute Gasteiger partial charge is 0.417 e. The molecule has 0 aliphatic carbocycles. The Morgan fingerprint density at radius 3 is 2.31 bits per heavy atom. The Balaban J connectivity index is 1.35. The predicted molar refractivity (Wildman–Crippen MR) is 144 cm³/mol. The Morgan fingerprint density at radius 1 is 0.846 bits per heavy atom. The van der Waals surface area contributed by atoms with Gasteiger partial charge in [-0.25, -0.2) is 9.18 Å². The number of aromatic nitrogens is 1. The van der Waals surface area contributed by atoms with Crippen molar-refractivity contribution in [3.8, 4) is 23.0 Å². The van der Waals surface area contributed by atoms with Crippen molar-refractivity contribution >= 4 is 28.6 Å². The van der Waals surface area contributed by atoms with Crippen LogP contribution in [0.25, 0.3) is 10.9 Å². The lowest BCUT2D eigenvalue weighted by Gasteiger charge is -2.14. The first kappa shape index (κ1) is 25.2. The molecule has 1 heterocycles. The van der Waals surface area contributed by atoms with Crippen LogP contribution >= 0.6 is 0 Å². The van der Waals surface area contributed by atoms with Crippen LogP contribution in [-0.2, 0) is 6.61 Å². The zero-order chi connectivity index (χ0) is 27.2. The van der Waals surface area contributed by atoms with Crippen LogP contribution in [0.1, 0.15) is 15.9 Å². The van der Waals surface area contributed by atoms with Gasteiger partial charge in [0.15, 0.2) is 5.82 Å². The van der Waals surface area contributed by atoms with E-state index in [0.29, 0.717) is 22.4 Å².